The molecule has 2 N–H and O–H groups in total. The molecule has 0 spiro atoms. The minimum atomic E-state index is -0.141. The van der Waals surface area contributed by atoms with Gasteiger partial charge in [-0.1, -0.05) is 41.1 Å². The molecule has 9 heteroatoms. The number of benzene rings is 1. The summed E-state index contributed by atoms with van der Waals surface area (Å²) in [6, 6.07) is 6.91. The van der Waals surface area contributed by atoms with Gasteiger partial charge in [-0.3, -0.25) is 9.59 Å². The molecule has 0 saturated heterocycles. The lowest BCUT2D eigenvalue weighted by Gasteiger charge is -2.23. The lowest BCUT2D eigenvalue weighted by Crippen LogP contribution is -2.27. The standard InChI is InChI=1S/C15H15ClN4O2S2/c16-10-4-6-11(7-5-10)17-12(21)8-23-15-20-19-14(24-15)18-13(22)9-2-1-3-9/h4-7,9H,1-3,8H2,(H,17,21)(H,18,19,22). The van der Waals surface area contributed by atoms with Gasteiger partial charge in [-0.05, 0) is 37.1 Å². The highest BCUT2D eigenvalue weighted by molar-refractivity contribution is 8.01. The van der Waals surface area contributed by atoms with Crippen LogP contribution in [0, 0.1) is 5.92 Å². The molecule has 6 nitrogen and oxygen atoms in total. The molecule has 1 heterocycles. The number of rotatable bonds is 6. The molecule has 1 aromatic heterocycles. The summed E-state index contributed by atoms with van der Waals surface area (Å²) in [6.45, 7) is 0. The normalized spacial score (nSPS) is 14.0. The van der Waals surface area contributed by atoms with Crippen LogP contribution in [0.5, 0.6) is 0 Å². The van der Waals surface area contributed by atoms with Crippen molar-refractivity contribution in [2.24, 2.45) is 5.92 Å². The van der Waals surface area contributed by atoms with E-state index in [0.717, 1.165) is 19.3 Å². The Morgan fingerprint density at radius 3 is 2.62 bits per heavy atom. The summed E-state index contributed by atoms with van der Waals surface area (Å²) in [4.78, 5) is 23.8. The van der Waals surface area contributed by atoms with E-state index in [1.165, 1.54) is 23.1 Å². The average molecular weight is 383 g/mol. The molecule has 126 valence electrons. The minimum absolute atomic E-state index is 0.00873. The maximum Gasteiger partial charge on any atom is 0.234 e. The fourth-order valence-corrected chi connectivity index (χ4v) is 3.73. The number of amides is 2. The van der Waals surface area contributed by atoms with Crippen LogP contribution in [0.1, 0.15) is 19.3 Å². The van der Waals surface area contributed by atoms with Crippen molar-refractivity contribution < 1.29 is 9.59 Å². The molecular weight excluding hydrogens is 368 g/mol. The first-order valence-electron chi connectivity index (χ1n) is 7.43. The zero-order valence-electron chi connectivity index (χ0n) is 12.6. The highest BCUT2D eigenvalue weighted by Crippen LogP contribution is 2.30. The van der Waals surface area contributed by atoms with Gasteiger partial charge in [0.05, 0.1) is 5.75 Å². The van der Waals surface area contributed by atoms with Gasteiger partial charge in [0.1, 0.15) is 0 Å². The monoisotopic (exact) mass is 382 g/mol. The minimum Gasteiger partial charge on any atom is -0.325 e. The third kappa shape index (κ3) is 4.68. The highest BCUT2D eigenvalue weighted by atomic mass is 35.5. The molecule has 3 rings (SSSR count). The molecular formula is C15H15ClN4O2S2. The average Bonchev–Trinajstić information content (AvgIpc) is 2.93. The van der Waals surface area contributed by atoms with E-state index in [1.54, 1.807) is 24.3 Å². The lowest BCUT2D eigenvalue weighted by molar-refractivity contribution is -0.122. The molecule has 0 unspecified atom stereocenters. The maximum atomic E-state index is 11.9. The van der Waals surface area contributed by atoms with E-state index in [1.807, 2.05) is 0 Å². The Hall–Kier alpha value is -1.64. The Labute approximate surface area is 152 Å². The van der Waals surface area contributed by atoms with Crippen LogP contribution in [-0.4, -0.2) is 27.8 Å². The zero-order valence-corrected chi connectivity index (χ0v) is 15.0. The second-order valence-corrected chi connectivity index (χ2v) is 7.97. The Balaban J connectivity index is 1.45. The number of aromatic nitrogens is 2. The Bertz CT molecular complexity index is 731. The van der Waals surface area contributed by atoms with Crippen LogP contribution in [0.3, 0.4) is 0 Å². The predicted octanol–water partition coefficient (Wildman–Crippen LogP) is 3.66. The molecule has 1 saturated carbocycles. The van der Waals surface area contributed by atoms with Crippen LogP contribution in [-0.2, 0) is 9.59 Å². The van der Waals surface area contributed by atoms with E-state index in [4.69, 9.17) is 11.6 Å². The van der Waals surface area contributed by atoms with Gasteiger partial charge in [-0.25, -0.2) is 0 Å². The second kappa shape index (κ2) is 7.96. The number of carbonyl (C=O) groups excluding carboxylic acids is 2. The highest BCUT2D eigenvalue weighted by Gasteiger charge is 2.26. The third-order valence-corrected chi connectivity index (χ3v) is 5.79. The number of hydrogen-bond acceptors (Lipinski definition) is 6. The number of thioether (sulfide) groups is 1. The van der Waals surface area contributed by atoms with Crippen molar-refractivity contribution in [2.75, 3.05) is 16.4 Å². The summed E-state index contributed by atoms with van der Waals surface area (Å²) in [5.41, 5.74) is 0.690. The van der Waals surface area contributed by atoms with Crippen LogP contribution in [0.25, 0.3) is 0 Å². The first-order chi connectivity index (χ1) is 11.6. The topological polar surface area (TPSA) is 84.0 Å². The number of halogens is 1. The van der Waals surface area contributed by atoms with Crippen LogP contribution >= 0.6 is 34.7 Å². The van der Waals surface area contributed by atoms with Crippen LogP contribution in [0.4, 0.5) is 10.8 Å². The zero-order chi connectivity index (χ0) is 16.9. The van der Waals surface area contributed by atoms with Crippen molar-refractivity contribution in [1.29, 1.82) is 0 Å². The van der Waals surface area contributed by atoms with Crippen molar-refractivity contribution in [3.05, 3.63) is 29.3 Å². The maximum absolute atomic E-state index is 11.9. The van der Waals surface area contributed by atoms with Gasteiger partial charge >= 0.3 is 0 Å². The predicted molar refractivity (Wildman–Crippen MR) is 96.7 cm³/mol. The van der Waals surface area contributed by atoms with Crippen molar-refractivity contribution >= 4 is 57.3 Å². The molecule has 1 fully saturated rings. The molecule has 1 aromatic carbocycles. The quantitative estimate of drug-likeness (QED) is 0.588. The van der Waals surface area contributed by atoms with Gasteiger partial charge in [-0.2, -0.15) is 0 Å². The summed E-state index contributed by atoms with van der Waals surface area (Å²) in [5.74, 6) is 0.190. The molecule has 0 aliphatic heterocycles. The Morgan fingerprint density at radius 1 is 1.21 bits per heavy atom. The molecule has 2 aromatic rings. The number of nitrogens with one attached hydrogen (secondary N) is 2. The van der Waals surface area contributed by atoms with Crippen molar-refractivity contribution in [3.8, 4) is 0 Å². The molecule has 24 heavy (non-hydrogen) atoms. The number of hydrogen-bond donors (Lipinski definition) is 2. The van der Waals surface area contributed by atoms with E-state index < -0.39 is 0 Å². The molecule has 0 radical (unpaired) electrons. The van der Waals surface area contributed by atoms with Crippen molar-refractivity contribution in [2.45, 2.75) is 23.6 Å². The molecule has 2 amide bonds. The summed E-state index contributed by atoms with van der Waals surface area (Å²) in [7, 11) is 0. The summed E-state index contributed by atoms with van der Waals surface area (Å²) < 4.78 is 0.644. The molecule has 0 bridgehead atoms. The van der Waals surface area contributed by atoms with E-state index in [0.29, 0.717) is 20.2 Å². The lowest BCUT2D eigenvalue weighted by atomic mass is 9.85. The first kappa shape index (κ1) is 17.2. The molecule has 1 aliphatic carbocycles. The molecule has 1 aliphatic rings. The van der Waals surface area contributed by atoms with Crippen LogP contribution < -0.4 is 10.6 Å². The number of nitrogens with zero attached hydrogens (tertiary/aromatic N) is 2. The third-order valence-electron chi connectivity index (χ3n) is 3.57. The van der Waals surface area contributed by atoms with E-state index in [-0.39, 0.29) is 23.5 Å². The van der Waals surface area contributed by atoms with Crippen LogP contribution in [0.2, 0.25) is 5.02 Å². The fraction of sp³-hybridized carbons (Fsp3) is 0.333. The van der Waals surface area contributed by atoms with Gasteiger partial charge in [-0.15, -0.1) is 10.2 Å². The van der Waals surface area contributed by atoms with E-state index in [9.17, 15) is 9.59 Å². The summed E-state index contributed by atoms with van der Waals surface area (Å²) >= 11 is 8.36. The Kier molecular flexibility index (Phi) is 5.70. The number of carbonyl (C=O) groups is 2. The van der Waals surface area contributed by atoms with Crippen molar-refractivity contribution in [3.63, 3.8) is 0 Å². The summed E-state index contributed by atoms with van der Waals surface area (Å²) in [5, 5.41) is 14.6. The SMILES string of the molecule is O=C(CSc1nnc(NC(=O)C2CCC2)s1)Nc1ccc(Cl)cc1. The number of anilines is 2. The Morgan fingerprint density at radius 2 is 1.96 bits per heavy atom. The largest absolute Gasteiger partial charge is 0.325 e. The summed E-state index contributed by atoms with van der Waals surface area (Å²) in [6.07, 6.45) is 2.99. The first-order valence-corrected chi connectivity index (χ1v) is 9.61. The smallest absolute Gasteiger partial charge is 0.234 e. The van der Waals surface area contributed by atoms with E-state index >= 15 is 0 Å². The van der Waals surface area contributed by atoms with Gasteiger partial charge in [0.2, 0.25) is 16.9 Å². The van der Waals surface area contributed by atoms with Gasteiger partial charge in [0, 0.05) is 16.6 Å². The second-order valence-electron chi connectivity index (χ2n) is 5.33. The van der Waals surface area contributed by atoms with Crippen molar-refractivity contribution in [1.82, 2.24) is 10.2 Å². The fourth-order valence-electron chi connectivity index (χ4n) is 2.05. The van der Waals surface area contributed by atoms with E-state index in [2.05, 4.69) is 20.8 Å². The van der Waals surface area contributed by atoms with Gasteiger partial charge in [0.25, 0.3) is 0 Å². The molecule has 0 atom stereocenters. The van der Waals surface area contributed by atoms with Crippen LogP contribution in [0.15, 0.2) is 28.6 Å². The van der Waals surface area contributed by atoms with Gasteiger partial charge in [0.15, 0.2) is 4.34 Å². The van der Waals surface area contributed by atoms with Gasteiger partial charge < -0.3 is 10.6 Å².